The summed E-state index contributed by atoms with van der Waals surface area (Å²) in [7, 11) is 0. The number of nitrogens with one attached hydrogen (secondary N) is 1. The standard InChI is InChI=1S/C25H29ClN2O3/c1-3-29-23-16-21(17-27-11-7-13-30-24-10-4-5-12-28-24)15-22(26)25(23)31-18-20-9-6-8-19(2)14-20/h4-6,8-10,12,14-16,27H,3,7,11,13,17-18H2,1-2H3. The average molecular weight is 441 g/mol. The molecule has 0 spiro atoms. The Bertz CT molecular complexity index is 951. The fourth-order valence-electron chi connectivity index (χ4n) is 3.12. The SMILES string of the molecule is CCOc1cc(CNCCCOc2ccccn2)cc(Cl)c1OCc1cccc(C)c1. The van der Waals surface area contributed by atoms with Crippen LogP contribution < -0.4 is 19.5 Å². The summed E-state index contributed by atoms with van der Waals surface area (Å²) in [6.45, 7) is 7.11. The third-order valence-corrected chi connectivity index (χ3v) is 4.83. The van der Waals surface area contributed by atoms with E-state index in [0.29, 0.717) is 48.8 Å². The van der Waals surface area contributed by atoms with Crippen molar-refractivity contribution in [2.45, 2.75) is 33.4 Å². The van der Waals surface area contributed by atoms with Crippen LogP contribution in [0.1, 0.15) is 30.0 Å². The summed E-state index contributed by atoms with van der Waals surface area (Å²) < 4.78 is 17.4. The topological polar surface area (TPSA) is 52.6 Å². The molecule has 0 fully saturated rings. The van der Waals surface area contributed by atoms with Crippen LogP contribution in [-0.4, -0.2) is 24.7 Å². The Morgan fingerprint density at radius 1 is 0.968 bits per heavy atom. The number of nitrogens with zero attached hydrogens (tertiary/aromatic N) is 1. The molecule has 1 aromatic heterocycles. The highest BCUT2D eigenvalue weighted by molar-refractivity contribution is 6.32. The zero-order valence-corrected chi connectivity index (χ0v) is 18.8. The van der Waals surface area contributed by atoms with Gasteiger partial charge in [0, 0.05) is 18.8 Å². The molecule has 0 saturated carbocycles. The lowest BCUT2D eigenvalue weighted by Gasteiger charge is -2.16. The van der Waals surface area contributed by atoms with Crippen LogP contribution >= 0.6 is 11.6 Å². The molecule has 0 aliphatic heterocycles. The Morgan fingerprint density at radius 2 is 1.87 bits per heavy atom. The number of pyridine rings is 1. The Hall–Kier alpha value is -2.76. The molecule has 2 aromatic carbocycles. The van der Waals surface area contributed by atoms with E-state index in [9.17, 15) is 0 Å². The van der Waals surface area contributed by atoms with Crippen molar-refractivity contribution in [2.24, 2.45) is 0 Å². The number of rotatable bonds is 12. The molecule has 0 aliphatic carbocycles. The number of benzene rings is 2. The van der Waals surface area contributed by atoms with Crippen LogP contribution in [0.25, 0.3) is 0 Å². The van der Waals surface area contributed by atoms with Gasteiger partial charge in [0.1, 0.15) is 6.61 Å². The van der Waals surface area contributed by atoms with E-state index in [1.807, 2.05) is 49.4 Å². The molecular weight excluding hydrogens is 412 g/mol. The molecule has 0 saturated heterocycles. The summed E-state index contributed by atoms with van der Waals surface area (Å²) in [5, 5.41) is 3.96. The molecule has 0 amide bonds. The number of ether oxygens (including phenoxy) is 3. The van der Waals surface area contributed by atoms with Crippen molar-refractivity contribution < 1.29 is 14.2 Å². The van der Waals surface area contributed by atoms with E-state index in [0.717, 1.165) is 24.1 Å². The van der Waals surface area contributed by atoms with E-state index in [4.69, 9.17) is 25.8 Å². The van der Waals surface area contributed by atoms with Gasteiger partial charge >= 0.3 is 0 Å². The van der Waals surface area contributed by atoms with Crippen LogP contribution in [0.15, 0.2) is 60.8 Å². The quantitative estimate of drug-likeness (QED) is 0.372. The molecule has 5 nitrogen and oxygen atoms in total. The van der Waals surface area contributed by atoms with E-state index in [2.05, 4.69) is 29.4 Å². The van der Waals surface area contributed by atoms with Gasteiger partial charge < -0.3 is 19.5 Å². The first-order valence-corrected chi connectivity index (χ1v) is 10.9. The molecule has 0 aliphatic rings. The van der Waals surface area contributed by atoms with Gasteiger partial charge in [-0.05, 0) is 56.1 Å². The number of hydrogen-bond acceptors (Lipinski definition) is 5. The Balaban J connectivity index is 1.51. The van der Waals surface area contributed by atoms with Crippen molar-refractivity contribution in [3.8, 4) is 17.4 Å². The van der Waals surface area contributed by atoms with Crippen LogP contribution in [0, 0.1) is 6.92 Å². The monoisotopic (exact) mass is 440 g/mol. The van der Waals surface area contributed by atoms with Gasteiger partial charge in [0.25, 0.3) is 0 Å². The summed E-state index contributed by atoms with van der Waals surface area (Å²) >= 11 is 6.54. The molecule has 6 heteroatoms. The number of aryl methyl sites for hydroxylation is 1. The zero-order valence-electron chi connectivity index (χ0n) is 18.1. The lowest BCUT2D eigenvalue weighted by Crippen LogP contribution is -2.17. The van der Waals surface area contributed by atoms with Crippen molar-refractivity contribution in [1.29, 1.82) is 0 Å². The molecule has 0 radical (unpaired) electrons. The van der Waals surface area contributed by atoms with E-state index in [1.54, 1.807) is 6.20 Å². The fourth-order valence-corrected chi connectivity index (χ4v) is 3.41. The molecule has 3 rings (SSSR count). The molecule has 3 aromatic rings. The second kappa shape index (κ2) is 12.2. The summed E-state index contributed by atoms with van der Waals surface area (Å²) in [4.78, 5) is 4.14. The lowest BCUT2D eigenvalue weighted by atomic mass is 10.1. The third kappa shape index (κ3) is 7.46. The minimum absolute atomic E-state index is 0.440. The second-order valence-electron chi connectivity index (χ2n) is 7.16. The normalized spacial score (nSPS) is 10.7. The van der Waals surface area contributed by atoms with Crippen molar-refractivity contribution in [3.63, 3.8) is 0 Å². The molecule has 0 atom stereocenters. The molecule has 0 bridgehead atoms. The fraction of sp³-hybridized carbons (Fsp3) is 0.320. The maximum Gasteiger partial charge on any atom is 0.213 e. The summed E-state index contributed by atoms with van der Waals surface area (Å²) in [6.07, 6.45) is 2.60. The van der Waals surface area contributed by atoms with Crippen molar-refractivity contribution >= 4 is 11.6 Å². The first-order chi connectivity index (χ1) is 15.2. The Kier molecular flexibility index (Phi) is 9.00. The van der Waals surface area contributed by atoms with Gasteiger partial charge in [0.05, 0.1) is 18.2 Å². The highest BCUT2D eigenvalue weighted by Crippen LogP contribution is 2.37. The van der Waals surface area contributed by atoms with Crippen molar-refractivity contribution in [3.05, 3.63) is 82.5 Å². The Labute approximate surface area is 189 Å². The highest BCUT2D eigenvalue weighted by atomic mass is 35.5. The molecular formula is C25H29ClN2O3. The molecule has 1 N–H and O–H groups in total. The second-order valence-corrected chi connectivity index (χ2v) is 7.57. The minimum Gasteiger partial charge on any atom is -0.490 e. The highest BCUT2D eigenvalue weighted by Gasteiger charge is 2.13. The molecule has 31 heavy (non-hydrogen) atoms. The number of hydrogen-bond donors (Lipinski definition) is 1. The summed E-state index contributed by atoms with van der Waals surface area (Å²) in [6, 6.07) is 17.8. The van der Waals surface area contributed by atoms with Crippen molar-refractivity contribution in [2.75, 3.05) is 19.8 Å². The van der Waals surface area contributed by atoms with Gasteiger partial charge in [-0.15, -0.1) is 0 Å². The van der Waals surface area contributed by atoms with Crippen LogP contribution in [0.2, 0.25) is 5.02 Å². The van der Waals surface area contributed by atoms with Crippen molar-refractivity contribution in [1.82, 2.24) is 10.3 Å². The number of aromatic nitrogens is 1. The van der Waals surface area contributed by atoms with E-state index < -0.39 is 0 Å². The minimum atomic E-state index is 0.440. The van der Waals surface area contributed by atoms with Gasteiger partial charge in [-0.2, -0.15) is 0 Å². The zero-order chi connectivity index (χ0) is 21.9. The Morgan fingerprint density at radius 3 is 2.65 bits per heavy atom. The van der Waals surface area contributed by atoms with Gasteiger partial charge in [-0.1, -0.05) is 47.5 Å². The van der Waals surface area contributed by atoms with Crippen LogP contribution in [0.4, 0.5) is 0 Å². The van der Waals surface area contributed by atoms with Gasteiger partial charge in [0.15, 0.2) is 11.5 Å². The van der Waals surface area contributed by atoms with Gasteiger partial charge in [0.2, 0.25) is 5.88 Å². The van der Waals surface area contributed by atoms with Crippen LogP contribution in [0.3, 0.4) is 0 Å². The third-order valence-electron chi connectivity index (χ3n) is 4.55. The summed E-state index contributed by atoms with van der Waals surface area (Å²) in [5.41, 5.74) is 3.34. The molecule has 164 valence electrons. The first kappa shape index (κ1) is 22.9. The first-order valence-electron chi connectivity index (χ1n) is 10.5. The van der Waals surface area contributed by atoms with Crippen LogP contribution in [0.5, 0.6) is 17.4 Å². The largest absolute Gasteiger partial charge is 0.490 e. The van der Waals surface area contributed by atoms with E-state index >= 15 is 0 Å². The summed E-state index contributed by atoms with van der Waals surface area (Å²) in [5.74, 6) is 1.90. The predicted octanol–water partition coefficient (Wildman–Crippen LogP) is 5.58. The predicted molar refractivity (Wildman–Crippen MR) is 124 cm³/mol. The smallest absolute Gasteiger partial charge is 0.213 e. The average Bonchev–Trinajstić information content (AvgIpc) is 2.76. The van der Waals surface area contributed by atoms with E-state index in [1.165, 1.54) is 5.56 Å². The maximum absolute atomic E-state index is 6.54. The van der Waals surface area contributed by atoms with Gasteiger partial charge in [-0.25, -0.2) is 4.98 Å². The lowest BCUT2D eigenvalue weighted by molar-refractivity contribution is 0.269. The number of halogens is 1. The maximum atomic E-state index is 6.54. The molecule has 0 unspecified atom stereocenters. The molecule has 1 heterocycles. The van der Waals surface area contributed by atoms with Crippen LogP contribution in [-0.2, 0) is 13.2 Å². The van der Waals surface area contributed by atoms with E-state index in [-0.39, 0.29) is 0 Å². The van der Waals surface area contributed by atoms with Gasteiger partial charge in [-0.3, -0.25) is 0 Å².